The highest BCUT2D eigenvalue weighted by Crippen LogP contribution is 2.44. The molecular weight excluding hydrogens is 484 g/mol. The first-order valence-corrected chi connectivity index (χ1v) is 13.2. The van der Waals surface area contributed by atoms with Crippen LogP contribution in [0.5, 0.6) is 0 Å². The van der Waals surface area contributed by atoms with E-state index in [1.165, 1.54) is 28.0 Å². The number of hydrogen-bond acceptors (Lipinski definition) is 6. The summed E-state index contributed by atoms with van der Waals surface area (Å²) >= 11 is 2.73. The van der Waals surface area contributed by atoms with Crippen molar-refractivity contribution in [3.63, 3.8) is 0 Å². The van der Waals surface area contributed by atoms with Crippen LogP contribution in [-0.2, 0) is 14.3 Å². The second kappa shape index (κ2) is 9.75. The zero-order chi connectivity index (χ0) is 24.5. The summed E-state index contributed by atoms with van der Waals surface area (Å²) in [6, 6.07) is 17.7. The third-order valence-electron chi connectivity index (χ3n) is 6.44. The molecule has 3 atom stereocenters. The summed E-state index contributed by atoms with van der Waals surface area (Å²) < 4.78 is 5.64. The Kier molecular flexibility index (Phi) is 6.53. The van der Waals surface area contributed by atoms with E-state index < -0.39 is 30.1 Å². The molecule has 2 aromatic carbocycles. The first kappa shape index (κ1) is 23.4. The van der Waals surface area contributed by atoms with Crippen LogP contribution in [0.1, 0.15) is 34.9 Å². The van der Waals surface area contributed by atoms with Gasteiger partial charge in [-0.3, -0.25) is 4.79 Å². The van der Waals surface area contributed by atoms with E-state index in [2.05, 4.69) is 17.4 Å². The number of nitrogens with zero attached hydrogens (tertiary/aromatic N) is 1. The molecule has 3 unspecified atom stereocenters. The second-order valence-corrected chi connectivity index (χ2v) is 10.8. The lowest BCUT2D eigenvalue weighted by Gasteiger charge is -2.29. The van der Waals surface area contributed by atoms with Gasteiger partial charge < -0.3 is 20.1 Å². The fourth-order valence-corrected chi connectivity index (χ4v) is 6.73. The van der Waals surface area contributed by atoms with Crippen molar-refractivity contribution in [2.24, 2.45) is 0 Å². The van der Waals surface area contributed by atoms with E-state index in [9.17, 15) is 19.5 Å². The Balaban J connectivity index is 1.33. The van der Waals surface area contributed by atoms with Gasteiger partial charge in [0.1, 0.15) is 18.7 Å². The largest absolute Gasteiger partial charge is 0.480 e. The van der Waals surface area contributed by atoms with E-state index in [0.29, 0.717) is 10.6 Å². The predicted molar refractivity (Wildman–Crippen MR) is 135 cm³/mol. The van der Waals surface area contributed by atoms with Gasteiger partial charge in [-0.15, -0.1) is 23.1 Å². The number of carbonyl (C=O) groups excluding carboxylic acids is 2. The van der Waals surface area contributed by atoms with Gasteiger partial charge in [-0.05, 0) is 40.6 Å². The van der Waals surface area contributed by atoms with Crippen LogP contribution in [0, 0.1) is 0 Å². The zero-order valence-corrected chi connectivity index (χ0v) is 20.6. The molecule has 35 heavy (non-hydrogen) atoms. The first-order chi connectivity index (χ1) is 17.0. The average Bonchev–Trinajstić information content (AvgIpc) is 3.59. The van der Waals surface area contributed by atoms with Crippen molar-refractivity contribution in [3.8, 4) is 11.1 Å². The molecule has 2 N–H and O–H groups in total. The fourth-order valence-electron chi connectivity index (χ4n) is 4.78. The molecule has 1 aromatic heterocycles. The molecule has 7 nitrogen and oxygen atoms in total. The van der Waals surface area contributed by atoms with Gasteiger partial charge >= 0.3 is 12.1 Å². The fraction of sp³-hybridized carbons (Fsp3) is 0.269. The van der Waals surface area contributed by atoms with Crippen LogP contribution in [-0.4, -0.2) is 51.8 Å². The van der Waals surface area contributed by atoms with E-state index in [1.807, 2.05) is 41.8 Å². The summed E-state index contributed by atoms with van der Waals surface area (Å²) in [6.45, 7) is 1.92. The smallest absolute Gasteiger partial charge is 0.408 e. The lowest BCUT2D eigenvalue weighted by atomic mass is 9.98. The quantitative estimate of drug-likeness (QED) is 0.501. The minimum absolute atomic E-state index is 0.101. The number of thiophene rings is 1. The Morgan fingerprint density at radius 1 is 1.06 bits per heavy atom. The van der Waals surface area contributed by atoms with Crippen molar-refractivity contribution in [1.82, 2.24) is 10.2 Å². The molecule has 3 aromatic rings. The molecule has 1 fully saturated rings. The molecule has 2 aliphatic rings. The highest BCUT2D eigenvalue weighted by molar-refractivity contribution is 8.00. The van der Waals surface area contributed by atoms with Crippen molar-refractivity contribution in [3.05, 3.63) is 82.0 Å². The number of thioether (sulfide) groups is 1. The monoisotopic (exact) mass is 508 g/mol. The van der Waals surface area contributed by atoms with E-state index in [1.54, 1.807) is 19.1 Å². The minimum Gasteiger partial charge on any atom is -0.480 e. The van der Waals surface area contributed by atoms with Gasteiger partial charge in [0.2, 0.25) is 0 Å². The molecule has 9 heteroatoms. The number of carboxylic acids is 1. The number of carbonyl (C=O) groups is 3. The van der Waals surface area contributed by atoms with Gasteiger partial charge in [-0.25, -0.2) is 9.59 Å². The lowest BCUT2D eigenvalue weighted by molar-refractivity contribution is -0.149. The van der Waals surface area contributed by atoms with Gasteiger partial charge in [-0.2, -0.15) is 0 Å². The number of nitrogens with one attached hydrogen (secondary N) is 1. The molecule has 5 rings (SSSR count). The van der Waals surface area contributed by atoms with Gasteiger partial charge in [0.25, 0.3) is 5.91 Å². The van der Waals surface area contributed by atoms with Gasteiger partial charge in [0, 0.05) is 16.5 Å². The predicted octanol–water partition coefficient (Wildman–Crippen LogP) is 4.70. The molecule has 180 valence electrons. The van der Waals surface area contributed by atoms with Crippen molar-refractivity contribution in [1.29, 1.82) is 0 Å². The molecule has 0 saturated carbocycles. The van der Waals surface area contributed by atoms with Crippen molar-refractivity contribution >= 4 is 41.1 Å². The Morgan fingerprint density at radius 2 is 1.71 bits per heavy atom. The van der Waals surface area contributed by atoms with Crippen LogP contribution in [0.3, 0.4) is 0 Å². The van der Waals surface area contributed by atoms with Crippen molar-refractivity contribution in [2.75, 3.05) is 12.4 Å². The SMILES string of the molecule is CC1SCC(C(=O)O)N1C(=O)C(NC(=O)OCC1c2ccccc2-c2ccccc21)c1cccs1. The number of ether oxygens (including phenoxy) is 1. The van der Waals surface area contributed by atoms with Crippen LogP contribution >= 0.6 is 23.1 Å². The van der Waals surface area contributed by atoms with Crippen LogP contribution in [0.2, 0.25) is 0 Å². The highest BCUT2D eigenvalue weighted by Gasteiger charge is 2.43. The van der Waals surface area contributed by atoms with Crippen LogP contribution in [0.25, 0.3) is 11.1 Å². The Morgan fingerprint density at radius 3 is 2.31 bits per heavy atom. The second-order valence-electron chi connectivity index (χ2n) is 8.45. The number of aliphatic carboxylic acids is 1. The van der Waals surface area contributed by atoms with Gasteiger partial charge in [0.05, 0.1) is 5.37 Å². The standard InChI is InChI=1S/C26H24N2O5S2/c1-15-28(21(14-35-15)25(30)31)24(29)23(22-11-6-12-34-22)27-26(32)33-13-20-18-9-4-2-7-16(18)17-8-3-5-10-19(17)20/h2-12,15,20-21,23H,13-14H2,1H3,(H,27,32)(H,30,31). The van der Waals surface area contributed by atoms with Gasteiger partial charge in [0.15, 0.2) is 0 Å². The number of alkyl carbamates (subject to hydrolysis) is 1. The molecular formula is C26H24N2O5S2. The normalized spacial score (nSPS) is 19.6. The summed E-state index contributed by atoms with van der Waals surface area (Å²) in [5.41, 5.74) is 4.45. The number of amides is 2. The molecule has 1 aliphatic heterocycles. The summed E-state index contributed by atoms with van der Waals surface area (Å²) in [5, 5.41) is 13.8. The maximum Gasteiger partial charge on any atom is 0.408 e. The van der Waals surface area contributed by atoms with Crippen LogP contribution in [0.4, 0.5) is 4.79 Å². The number of carboxylic acid groups (broad SMARTS) is 1. The zero-order valence-electron chi connectivity index (χ0n) is 18.9. The maximum atomic E-state index is 13.5. The van der Waals surface area contributed by atoms with E-state index >= 15 is 0 Å². The summed E-state index contributed by atoms with van der Waals surface area (Å²) in [4.78, 5) is 40.1. The highest BCUT2D eigenvalue weighted by atomic mass is 32.2. The van der Waals surface area contributed by atoms with Crippen molar-refractivity contribution < 1.29 is 24.2 Å². The Hall–Kier alpha value is -3.30. The Labute approximate surface area is 211 Å². The molecule has 2 amide bonds. The lowest BCUT2D eigenvalue weighted by Crippen LogP contribution is -2.50. The van der Waals surface area contributed by atoms with Crippen molar-refractivity contribution in [2.45, 2.75) is 30.3 Å². The maximum absolute atomic E-state index is 13.5. The molecule has 2 heterocycles. The van der Waals surface area contributed by atoms with Crippen LogP contribution in [0.15, 0.2) is 66.0 Å². The number of benzene rings is 2. The van der Waals surface area contributed by atoms with E-state index in [4.69, 9.17) is 4.74 Å². The third-order valence-corrected chi connectivity index (χ3v) is 8.60. The third kappa shape index (κ3) is 4.41. The average molecular weight is 509 g/mol. The molecule has 0 spiro atoms. The summed E-state index contributed by atoms with van der Waals surface area (Å²) in [5.74, 6) is -1.30. The topological polar surface area (TPSA) is 95.9 Å². The number of fused-ring (bicyclic) bond motifs is 3. The molecule has 0 bridgehead atoms. The van der Waals surface area contributed by atoms with Gasteiger partial charge in [-0.1, -0.05) is 54.6 Å². The first-order valence-electron chi connectivity index (χ1n) is 11.3. The minimum atomic E-state index is -1.05. The molecule has 0 radical (unpaired) electrons. The number of rotatable bonds is 6. The Bertz CT molecular complexity index is 1220. The molecule has 1 saturated heterocycles. The van der Waals surface area contributed by atoms with E-state index in [0.717, 1.165) is 22.3 Å². The van der Waals surface area contributed by atoms with Crippen LogP contribution < -0.4 is 5.32 Å². The number of hydrogen-bond donors (Lipinski definition) is 2. The molecule has 1 aliphatic carbocycles. The van der Waals surface area contributed by atoms with E-state index in [-0.39, 0.29) is 17.9 Å². The summed E-state index contributed by atoms with van der Waals surface area (Å²) in [7, 11) is 0. The summed E-state index contributed by atoms with van der Waals surface area (Å²) in [6.07, 6.45) is -0.718.